The number of benzene rings is 1. The van der Waals surface area contributed by atoms with Crippen LogP contribution in [0.25, 0.3) is 0 Å². The molecule has 1 N–H and O–H groups in total. The highest BCUT2D eigenvalue weighted by Crippen LogP contribution is 2.27. The minimum absolute atomic E-state index is 0.306. The van der Waals surface area contributed by atoms with Crippen molar-refractivity contribution >= 4 is 46.8 Å². The van der Waals surface area contributed by atoms with Crippen LogP contribution in [-0.4, -0.2) is 26.4 Å². The summed E-state index contributed by atoms with van der Waals surface area (Å²) in [6, 6.07) is 4.73. The number of nitrogens with zero attached hydrogens (tertiary/aromatic N) is 3. The maximum absolute atomic E-state index is 12.1. The topological polar surface area (TPSA) is 59.8 Å². The summed E-state index contributed by atoms with van der Waals surface area (Å²) in [5.74, 6) is 1.06. The first-order valence-corrected chi connectivity index (χ1v) is 7.22. The van der Waals surface area contributed by atoms with Gasteiger partial charge in [0.2, 0.25) is 5.95 Å². The van der Waals surface area contributed by atoms with Gasteiger partial charge in [-0.05, 0) is 18.2 Å². The van der Waals surface area contributed by atoms with E-state index in [-0.39, 0.29) is 5.91 Å². The van der Waals surface area contributed by atoms with Crippen molar-refractivity contribution in [1.29, 1.82) is 0 Å². The Morgan fingerprint density at radius 3 is 3.00 bits per heavy atom. The number of hydrogen-bond donors (Lipinski definition) is 1. The molecular weight excluding hydrogens is 307 g/mol. The molecule has 19 heavy (non-hydrogen) atoms. The number of nitrogens with one attached hydrogen (secondary N) is 1. The van der Waals surface area contributed by atoms with Crippen molar-refractivity contribution in [1.82, 2.24) is 14.8 Å². The van der Waals surface area contributed by atoms with E-state index < -0.39 is 0 Å². The van der Waals surface area contributed by atoms with Crippen LogP contribution in [0, 0.1) is 0 Å². The van der Waals surface area contributed by atoms with E-state index in [0.717, 1.165) is 17.5 Å². The molecule has 0 unspecified atom stereocenters. The third kappa shape index (κ3) is 2.43. The molecule has 1 aliphatic rings. The monoisotopic (exact) mass is 314 g/mol. The molecule has 98 valence electrons. The van der Waals surface area contributed by atoms with E-state index in [2.05, 4.69) is 15.5 Å². The largest absolute Gasteiger partial charge is 0.290 e. The lowest BCUT2D eigenvalue weighted by molar-refractivity contribution is 0.102. The van der Waals surface area contributed by atoms with Crippen LogP contribution >= 0.6 is 35.0 Å². The molecule has 1 amide bonds. The van der Waals surface area contributed by atoms with Crippen LogP contribution < -0.4 is 5.32 Å². The second kappa shape index (κ2) is 5.03. The first kappa shape index (κ1) is 12.8. The molecule has 0 radical (unpaired) electrons. The molecule has 0 saturated carbocycles. The van der Waals surface area contributed by atoms with Gasteiger partial charge in [0, 0.05) is 17.3 Å². The summed E-state index contributed by atoms with van der Waals surface area (Å²) in [6.07, 6.45) is 0. The van der Waals surface area contributed by atoms with Gasteiger partial charge in [0.15, 0.2) is 5.16 Å². The van der Waals surface area contributed by atoms with Crippen molar-refractivity contribution in [2.45, 2.75) is 11.7 Å². The highest BCUT2D eigenvalue weighted by molar-refractivity contribution is 7.99. The van der Waals surface area contributed by atoms with Crippen molar-refractivity contribution in [3.05, 3.63) is 33.8 Å². The summed E-state index contributed by atoms with van der Waals surface area (Å²) < 4.78 is 1.87. The number of amides is 1. The van der Waals surface area contributed by atoms with Crippen LogP contribution in [0.3, 0.4) is 0 Å². The zero-order valence-electron chi connectivity index (χ0n) is 9.56. The Balaban J connectivity index is 1.85. The summed E-state index contributed by atoms with van der Waals surface area (Å²) in [4.78, 5) is 12.1. The Kier molecular flexibility index (Phi) is 3.38. The van der Waals surface area contributed by atoms with Gasteiger partial charge in [-0.3, -0.25) is 14.7 Å². The Hall–Kier alpha value is -1.24. The van der Waals surface area contributed by atoms with Gasteiger partial charge in [-0.25, -0.2) is 0 Å². The lowest BCUT2D eigenvalue weighted by atomic mass is 10.2. The fourth-order valence-electron chi connectivity index (χ4n) is 1.76. The predicted molar refractivity (Wildman–Crippen MR) is 75.2 cm³/mol. The quantitative estimate of drug-likeness (QED) is 0.925. The predicted octanol–water partition coefficient (Wildman–Crippen LogP) is 2.94. The van der Waals surface area contributed by atoms with Gasteiger partial charge in [0.25, 0.3) is 5.91 Å². The lowest BCUT2D eigenvalue weighted by Gasteiger charge is -2.06. The van der Waals surface area contributed by atoms with Gasteiger partial charge < -0.3 is 0 Å². The van der Waals surface area contributed by atoms with Crippen LogP contribution in [0.5, 0.6) is 0 Å². The van der Waals surface area contributed by atoms with Crippen LogP contribution in [0.15, 0.2) is 23.4 Å². The maximum Gasteiger partial charge on any atom is 0.259 e. The van der Waals surface area contributed by atoms with Crippen molar-refractivity contribution in [2.75, 3.05) is 11.1 Å². The standard InChI is InChI=1S/C11H8Cl2N4OS/c12-6-1-2-7(8(13)5-6)9(18)14-10-15-16-11-17(10)3-4-19-11/h1-2,5H,3-4H2,(H,14,15,18). The molecule has 0 spiro atoms. The first-order valence-electron chi connectivity index (χ1n) is 5.47. The summed E-state index contributed by atoms with van der Waals surface area (Å²) in [7, 11) is 0. The van der Waals surface area contributed by atoms with E-state index in [1.165, 1.54) is 6.07 Å². The zero-order chi connectivity index (χ0) is 13.4. The van der Waals surface area contributed by atoms with Gasteiger partial charge in [-0.1, -0.05) is 35.0 Å². The molecule has 3 rings (SSSR count). The van der Waals surface area contributed by atoms with Crippen LogP contribution in [0.2, 0.25) is 10.0 Å². The number of aromatic nitrogens is 3. The minimum Gasteiger partial charge on any atom is -0.290 e. The summed E-state index contributed by atoms with van der Waals surface area (Å²) >= 11 is 13.4. The second-order valence-corrected chi connectivity index (χ2v) is 5.79. The number of fused-ring (bicyclic) bond motifs is 1. The third-order valence-electron chi connectivity index (χ3n) is 2.66. The molecular formula is C11H8Cl2N4OS. The van der Waals surface area contributed by atoms with Crippen molar-refractivity contribution in [3.8, 4) is 0 Å². The highest BCUT2D eigenvalue weighted by Gasteiger charge is 2.20. The lowest BCUT2D eigenvalue weighted by Crippen LogP contribution is -2.16. The smallest absolute Gasteiger partial charge is 0.259 e. The molecule has 0 bridgehead atoms. The van der Waals surface area contributed by atoms with Crippen molar-refractivity contribution in [3.63, 3.8) is 0 Å². The van der Waals surface area contributed by atoms with E-state index in [1.54, 1.807) is 23.9 Å². The summed E-state index contributed by atoms with van der Waals surface area (Å²) in [5.41, 5.74) is 0.356. The van der Waals surface area contributed by atoms with E-state index in [4.69, 9.17) is 23.2 Å². The minimum atomic E-state index is -0.325. The Morgan fingerprint density at radius 2 is 2.21 bits per heavy atom. The summed E-state index contributed by atoms with van der Waals surface area (Å²) in [6.45, 7) is 0.789. The van der Waals surface area contributed by atoms with Crippen molar-refractivity contribution in [2.24, 2.45) is 0 Å². The van der Waals surface area contributed by atoms with E-state index in [9.17, 15) is 4.79 Å². The van der Waals surface area contributed by atoms with E-state index in [1.807, 2.05) is 4.57 Å². The number of halogens is 2. The Morgan fingerprint density at radius 1 is 1.37 bits per heavy atom. The fraction of sp³-hybridized carbons (Fsp3) is 0.182. The molecule has 1 aliphatic heterocycles. The number of carbonyl (C=O) groups is 1. The molecule has 8 heteroatoms. The van der Waals surface area contributed by atoms with Crippen molar-refractivity contribution < 1.29 is 4.79 Å². The second-order valence-electron chi connectivity index (χ2n) is 3.88. The van der Waals surface area contributed by atoms with Gasteiger partial charge in [0.1, 0.15) is 0 Å². The molecule has 2 heterocycles. The molecule has 5 nitrogen and oxygen atoms in total. The Bertz CT molecular complexity index is 658. The van der Waals surface area contributed by atoms with Gasteiger partial charge in [0.05, 0.1) is 10.6 Å². The molecule has 1 aromatic heterocycles. The first-order chi connectivity index (χ1) is 9.15. The normalized spacial score (nSPS) is 13.4. The number of carbonyl (C=O) groups excluding carboxylic acids is 1. The average Bonchev–Trinajstić information content (AvgIpc) is 2.94. The Labute approximate surface area is 123 Å². The number of thioether (sulfide) groups is 1. The average molecular weight is 315 g/mol. The number of hydrogen-bond acceptors (Lipinski definition) is 4. The summed E-state index contributed by atoms with van der Waals surface area (Å²) in [5, 5.41) is 12.2. The molecule has 0 fully saturated rings. The molecule has 2 aromatic rings. The van der Waals surface area contributed by atoms with E-state index in [0.29, 0.717) is 21.6 Å². The van der Waals surface area contributed by atoms with Gasteiger partial charge in [-0.2, -0.15) is 0 Å². The van der Waals surface area contributed by atoms with Crippen LogP contribution in [-0.2, 0) is 6.54 Å². The maximum atomic E-state index is 12.1. The third-order valence-corrected chi connectivity index (χ3v) is 4.16. The molecule has 1 aromatic carbocycles. The molecule has 0 atom stereocenters. The zero-order valence-corrected chi connectivity index (χ0v) is 11.9. The molecule has 0 saturated heterocycles. The van der Waals surface area contributed by atoms with Gasteiger partial charge in [-0.15, -0.1) is 10.2 Å². The number of rotatable bonds is 2. The SMILES string of the molecule is O=C(Nc1nnc2n1CCS2)c1ccc(Cl)cc1Cl. The van der Waals surface area contributed by atoms with Crippen LogP contribution in [0.1, 0.15) is 10.4 Å². The van der Waals surface area contributed by atoms with Crippen LogP contribution in [0.4, 0.5) is 5.95 Å². The van der Waals surface area contributed by atoms with Gasteiger partial charge >= 0.3 is 0 Å². The molecule has 0 aliphatic carbocycles. The fourth-order valence-corrected chi connectivity index (χ4v) is 3.14. The van der Waals surface area contributed by atoms with E-state index >= 15 is 0 Å². The highest BCUT2D eigenvalue weighted by atomic mass is 35.5. The number of anilines is 1.